The van der Waals surface area contributed by atoms with Gasteiger partial charge in [-0.25, -0.2) is 19.9 Å². The molecule has 8 heterocycles. The van der Waals surface area contributed by atoms with Crippen LogP contribution in [0.3, 0.4) is 0 Å². The van der Waals surface area contributed by atoms with Gasteiger partial charge in [-0.1, -0.05) is 25.5 Å². The molecule has 0 radical (unpaired) electrons. The minimum Gasteiger partial charge on any atom is -0.460 e. The van der Waals surface area contributed by atoms with Gasteiger partial charge in [0.15, 0.2) is 5.82 Å². The van der Waals surface area contributed by atoms with Gasteiger partial charge in [-0.2, -0.15) is 0 Å². The molecule has 386 valence electrons. The lowest BCUT2D eigenvalue weighted by Gasteiger charge is -2.48. The average molecular weight is 994 g/mol. The molecule has 0 bridgehead atoms. The molecule has 12 rings (SSSR count). The van der Waals surface area contributed by atoms with Gasteiger partial charge in [-0.15, -0.1) is 0 Å². The molecule has 3 aliphatic carbocycles. The Bertz CT molecular complexity index is 2790. The number of hydrogen-bond donors (Lipinski definition) is 2. The van der Waals surface area contributed by atoms with E-state index in [4.69, 9.17) is 14.7 Å². The molecule has 1 spiro atoms. The fourth-order valence-electron chi connectivity index (χ4n) is 13.4. The summed E-state index contributed by atoms with van der Waals surface area (Å²) in [5, 5.41) is 6.08. The molecule has 8 aliphatic rings. The van der Waals surface area contributed by atoms with Gasteiger partial charge in [0.05, 0.1) is 28.9 Å². The van der Waals surface area contributed by atoms with Crippen LogP contribution in [0.4, 0.5) is 11.5 Å². The van der Waals surface area contributed by atoms with Crippen LogP contribution in [0.2, 0.25) is 0 Å². The van der Waals surface area contributed by atoms with Crippen LogP contribution in [-0.2, 0) is 29.4 Å². The van der Waals surface area contributed by atoms with Gasteiger partial charge in [0.25, 0.3) is 0 Å². The highest BCUT2D eigenvalue weighted by Gasteiger charge is 2.57. The predicted octanol–water partition coefficient (Wildman–Crippen LogP) is 7.05. The first-order chi connectivity index (χ1) is 35.3. The van der Waals surface area contributed by atoms with Crippen molar-refractivity contribution in [2.24, 2.45) is 11.3 Å². The van der Waals surface area contributed by atoms with Crippen molar-refractivity contribution in [2.45, 2.75) is 172 Å². The number of nitrogens with one attached hydrogen (secondary N) is 2. The lowest BCUT2D eigenvalue weighted by atomic mass is 9.72. The zero-order valence-electron chi connectivity index (χ0n) is 42.8. The number of rotatable bonds is 11. The summed E-state index contributed by atoms with van der Waals surface area (Å²) < 4.78 is 8.30. The van der Waals surface area contributed by atoms with Gasteiger partial charge in [0, 0.05) is 97.3 Å². The zero-order valence-corrected chi connectivity index (χ0v) is 42.8. The van der Waals surface area contributed by atoms with E-state index in [1.165, 1.54) is 19.3 Å². The van der Waals surface area contributed by atoms with Crippen molar-refractivity contribution >= 4 is 52.1 Å². The number of benzene rings is 1. The molecule has 4 saturated heterocycles. The van der Waals surface area contributed by atoms with Crippen molar-refractivity contribution in [1.82, 2.24) is 44.5 Å². The van der Waals surface area contributed by atoms with E-state index < -0.39 is 16.7 Å². The fourth-order valence-corrected chi connectivity index (χ4v) is 13.4. The SMILES string of the molecule is CC(C)n1cnc2cc(-c3ccc4c(c3)N([C@H]3C[C@@H](N5CCCCC5)C3)C(=O)C43CCN(C(=O)C4(C)CCN(C(=O)[C@H]5CC[C@H](Oc6ncc(C7CCC(=O)NC7=O)cn6)CC5)CC4)CC3)nc(NC3CC3)c21. The summed E-state index contributed by atoms with van der Waals surface area (Å²) in [6.07, 6.45) is 19.0. The lowest BCUT2D eigenvalue weighted by molar-refractivity contribution is -0.150. The maximum Gasteiger partial charge on any atom is 0.316 e. The number of imidazole rings is 1. The molecule has 3 saturated carbocycles. The summed E-state index contributed by atoms with van der Waals surface area (Å²) in [5.74, 6) is 0.223. The molecular formula is C56H71N11O6. The molecule has 1 aromatic carbocycles. The summed E-state index contributed by atoms with van der Waals surface area (Å²) in [6, 6.07) is 10.2. The topological polar surface area (TPSA) is 188 Å². The Morgan fingerprint density at radius 3 is 2.21 bits per heavy atom. The number of fused-ring (bicyclic) bond motifs is 3. The van der Waals surface area contributed by atoms with E-state index in [0.717, 1.165) is 78.1 Å². The van der Waals surface area contributed by atoms with Crippen molar-refractivity contribution < 1.29 is 28.7 Å². The van der Waals surface area contributed by atoms with Crippen LogP contribution in [0.1, 0.15) is 153 Å². The standard InChI is InChI=1S/C56H71N11O6/c1-34(2)66-33-59-45-30-44(61-49(48(45)66)60-38-10-11-38)36-9-15-43-46(27-36)67(40-28-39(29-40)63-21-5-4-6-22-63)53(72)56(43)19-25-65(26-20-56)52(71)55(3)17-23-64(24-18-55)51(70)35-7-12-41(13-8-35)73-54-57-31-37(32-58-54)42-14-16-47(68)62-50(42)69/h9,15,27,30-35,38-42H,4-8,10-14,16-26,28-29H2,1-3H3,(H,60,61)(H,62,68,69)/t35-,39-,40+,41-,42?. The van der Waals surface area contributed by atoms with Crippen LogP contribution in [0, 0.1) is 11.3 Å². The second-order valence-corrected chi connectivity index (χ2v) is 23.3. The van der Waals surface area contributed by atoms with Gasteiger partial charge in [-0.05, 0) is 141 Å². The van der Waals surface area contributed by atoms with E-state index in [0.29, 0.717) is 102 Å². The first kappa shape index (κ1) is 48.0. The van der Waals surface area contributed by atoms with Crippen molar-refractivity contribution in [3.63, 3.8) is 0 Å². The molecular weight excluding hydrogens is 923 g/mol. The van der Waals surface area contributed by atoms with Crippen LogP contribution in [0.25, 0.3) is 22.3 Å². The number of pyridine rings is 1. The molecule has 1 unspecified atom stereocenters. The zero-order chi connectivity index (χ0) is 50.2. The van der Waals surface area contributed by atoms with Crippen molar-refractivity contribution in [2.75, 3.05) is 49.5 Å². The summed E-state index contributed by atoms with van der Waals surface area (Å²) in [5.41, 5.74) is 5.25. The van der Waals surface area contributed by atoms with Gasteiger partial charge < -0.3 is 34.2 Å². The number of hydrogen-bond acceptors (Lipinski definition) is 12. The van der Waals surface area contributed by atoms with Crippen LogP contribution in [0.5, 0.6) is 6.01 Å². The van der Waals surface area contributed by atoms with Crippen LogP contribution in [0.15, 0.2) is 43.0 Å². The van der Waals surface area contributed by atoms with E-state index in [1.54, 1.807) is 12.4 Å². The molecule has 2 N–H and O–H groups in total. The molecule has 17 nitrogen and oxygen atoms in total. The van der Waals surface area contributed by atoms with Crippen LogP contribution < -0.4 is 20.3 Å². The maximum atomic E-state index is 15.3. The number of nitrogens with zero attached hydrogens (tertiary/aromatic N) is 9. The van der Waals surface area contributed by atoms with Crippen molar-refractivity contribution in [3.8, 4) is 17.3 Å². The third kappa shape index (κ3) is 8.94. The second-order valence-electron chi connectivity index (χ2n) is 23.3. The molecule has 17 heteroatoms. The number of ether oxygens (including phenoxy) is 1. The van der Waals surface area contributed by atoms with Gasteiger partial charge >= 0.3 is 6.01 Å². The second kappa shape index (κ2) is 19.1. The van der Waals surface area contributed by atoms with Gasteiger partial charge in [0.2, 0.25) is 29.5 Å². The largest absolute Gasteiger partial charge is 0.460 e. The van der Waals surface area contributed by atoms with E-state index >= 15 is 4.79 Å². The Morgan fingerprint density at radius 2 is 1.52 bits per heavy atom. The Labute approximate surface area is 427 Å². The van der Waals surface area contributed by atoms with Crippen LogP contribution in [-0.4, -0.2) is 132 Å². The number of amides is 5. The fraction of sp³-hybridized carbons (Fsp3) is 0.625. The summed E-state index contributed by atoms with van der Waals surface area (Å²) in [7, 11) is 0. The third-order valence-corrected chi connectivity index (χ3v) is 18.3. The maximum absolute atomic E-state index is 15.3. The Hall–Kier alpha value is -5.97. The van der Waals surface area contributed by atoms with E-state index in [2.05, 4.69) is 80.0 Å². The first-order valence-electron chi connectivity index (χ1n) is 27.6. The number of likely N-dealkylation sites (tertiary alicyclic amines) is 3. The molecule has 3 aromatic heterocycles. The Morgan fingerprint density at radius 1 is 0.808 bits per heavy atom. The number of imide groups is 1. The first-order valence-corrected chi connectivity index (χ1v) is 27.6. The van der Waals surface area contributed by atoms with E-state index in [-0.39, 0.29) is 66.1 Å². The van der Waals surface area contributed by atoms with Crippen LogP contribution >= 0.6 is 0 Å². The smallest absolute Gasteiger partial charge is 0.316 e. The quantitative estimate of drug-likeness (QED) is 0.146. The van der Waals surface area contributed by atoms with Crippen molar-refractivity contribution in [3.05, 3.63) is 54.1 Å². The summed E-state index contributed by atoms with van der Waals surface area (Å²) in [6.45, 7) is 10.8. The van der Waals surface area contributed by atoms with E-state index in [9.17, 15) is 19.2 Å². The molecule has 73 heavy (non-hydrogen) atoms. The van der Waals surface area contributed by atoms with Gasteiger partial charge in [-0.3, -0.25) is 29.3 Å². The predicted molar refractivity (Wildman–Crippen MR) is 275 cm³/mol. The molecule has 5 amide bonds. The number of carbonyl (C=O) groups is 5. The summed E-state index contributed by atoms with van der Waals surface area (Å²) >= 11 is 0. The number of piperidine rings is 4. The number of anilines is 2. The Balaban J connectivity index is 0.691. The summed E-state index contributed by atoms with van der Waals surface area (Å²) in [4.78, 5) is 95.3. The normalized spacial score (nSPS) is 27.3. The van der Waals surface area contributed by atoms with Gasteiger partial charge in [0.1, 0.15) is 11.6 Å². The van der Waals surface area contributed by atoms with E-state index in [1.807, 2.05) is 16.1 Å². The molecule has 5 aliphatic heterocycles. The van der Waals surface area contributed by atoms with Crippen molar-refractivity contribution in [1.29, 1.82) is 0 Å². The highest BCUT2D eigenvalue weighted by Crippen LogP contribution is 2.53. The average Bonchev–Trinajstić information content (AvgIpc) is 4.06. The minimum absolute atomic E-state index is 0.0941. The minimum atomic E-state index is -0.691. The molecule has 4 aromatic rings. The molecule has 1 atom stereocenters. The third-order valence-electron chi connectivity index (χ3n) is 18.3. The number of aromatic nitrogens is 5. The lowest BCUT2D eigenvalue weighted by Crippen LogP contribution is -2.59. The molecule has 7 fully saturated rings. The highest BCUT2D eigenvalue weighted by atomic mass is 16.5. The monoisotopic (exact) mass is 994 g/mol. The highest BCUT2D eigenvalue weighted by molar-refractivity contribution is 6.09. The Kier molecular flexibility index (Phi) is 12.5. The number of carbonyl (C=O) groups excluding carboxylic acids is 5.